The first-order valence-corrected chi connectivity index (χ1v) is 8.01. The zero-order valence-electron chi connectivity index (χ0n) is 10.5. The van der Waals surface area contributed by atoms with Crippen molar-refractivity contribution in [2.45, 2.75) is 4.21 Å². The number of nitrogens with one attached hydrogen (secondary N) is 1. The fourth-order valence-electron chi connectivity index (χ4n) is 1.51. The van der Waals surface area contributed by atoms with Gasteiger partial charge in [0.15, 0.2) is 0 Å². The second-order valence-electron chi connectivity index (χ2n) is 3.95. The van der Waals surface area contributed by atoms with Crippen LogP contribution in [-0.4, -0.2) is 19.5 Å². The van der Waals surface area contributed by atoms with Gasteiger partial charge < -0.3 is 5.11 Å². The van der Waals surface area contributed by atoms with E-state index in [1.54, 1.807) is 11.4 Å². The normalized spacial score (nSPS) is 11.7. The summed E-state index contributed by atoms with van der Waals surface area (Å²) in [6.07, 6.45) is 1.89. The van der Waals surface area contributed by atoms with Gasteiger partial charge in [0.25, 0.3) is 10.0 Å². The van der Waals surface area contributed by atoms with Crippen molar-refractivity contribution >= 4 is 39.1 Å². The molecule has 2 rings (SSSR count). The van der Waals surface area contributed by atoms with E-state index < -0.39 is 21.8 Å². The standard InChI is InChI=1S/C13H10FNO4S2/c14-11-8-10(5-3-9(11)4-6-12(16)17)15-21(18,19)13-2-1-7-20-13/h1-8,15H,(H,16,17). The van der Waals surface area contributed by atoms with E-state index in [4.69, 9.17) is 5.11 Å². The Kier molecular flexibility index (Phi) is 4.39. The highest BCUT2D eigenvalue weighted by Gasteiger charge is 2.15. The van der Waals surface area contributed by atoms with E-state index in [9.17, 15) is 17.6 Å². The maximum Gasteiger partial charge on any atom is 0.328 e. The third-order valence-corrected chi connectivity index (χ3v) is 5.20. The lowest BCUT2D eigenvalue weighted by Crippen LogP contribution is -2.11. The Bertz CT molecular complexity index is 783. The summed E-state index contributed by atoms with van der Waals surface area (Å²) in [5.74, 6) is -1.92. The van der Waals surface area contributed by atoms with Crippen LogP contribution in [0.2, 0.25) is 0 Å². The van der Waals surface area contributed by atoms with Crippen LogP contribution in [0.4, 0.5) is 10.1 Å². The van der Waals surface area contributed by atoms with Gasteiger partial charge in [0, 0.05) is 11.6 Å². The summed E-state index contributed by atoms with van der Waals surface area (Å²) >= 11 is 1.05. The number of thiophene rings is 1. The molecule has 0 atom stereocenters. The molecule has 0 aliphatic carbocycles. The van der Waals surface area contributed by atoms with Crippen LogP contribution in [0.1, 0.15) is 5.56 Å². The second kappa shape index (κ2) is 6.06. The number of benzene rings is 1. The van der Waals surface area contributed by atoms with Crippen molar-refractivity contribution in [3.63, 3.8) is 0 Å². The fraction of sp³-hybridized carbons (Fsp3) is 0. The highest BCUT2D eigenvalue weighted by molar-refractivity contribution is 7.94. The van der Waals surface area contributed by atoms with E-state index in [1.165, 1.54) is 18.2 Å². The Labute approximate surface area is 124 Å². The minimum atomic E-state index is -3.74. The van der Waals surface area contributed by atoms with Crippen LogP contribution >= 0.6 is 11.3 Å². The largest absolute Gasteiger partial charge is 0.478 e. The molecule has 1 heterocycles. The zero-order chi connectivity index (χ0) is 15.5. The SMILES string of the molecule is O=C(O)C=Cc1ccc(NS(=O)(=O)c2cccs2)cc1F. The first kappa shape index (κ1) is 15.2. The van der Waals surface area contributed by atoms with E-state index in [0.717, 1.165) is 29.6 Å². The Morgan fingerprint density at radius 3 is 2.67 bits per heavy atom. The van der Waals surface area contributed by atoms with E-state index >= 15 is 0 Å². The Balaban J connectivity index is 2.23. The van der Waals surface area contributed by atoms with Crippen molar-refractivity contribution in [2.75, 3.05) is 4.72 Å². The minimum absolute atomic E-state index is 0.0523. The zero-order valence-corrected chi connectivity index (χ0v) is 12.1. The molecule has 21 heavy (non-hydrogen) atoms. The number of carbonyl (C=O) groups is 1. The molecule has 0 aliphatic heterocycles. The van der Waals surface area contributed by atoms with Gasteiger partial charge in [-0.05, 0) is 35.7 Å². The molecular formula is C13H10FNO4S2. The summed E-state index contributed by atoms with van der Waals surface area (Å²) in [7, 11) is -3.74. The van der Waals surface area contributed by atoms with Crippen molar-refractivity contribution in [2.24, 2.45) is 0 Å². The van der Waals surface area contributed by atoms with Gasteiger partial charge in [-0.2, -0.15) is 0 Å². The number of halogens is 1. The summed E-state index contributed by atoms with van der Waals surface area (Å²) < 4.78 is 40.0. The molecule has 0 spiro atoms. The second-order valence-corrected chi connectivity index (χ2v) is 6.80. The van der Waals surface area contributed by atoms with Gasteiger partial charge in [-0.3, -0.25) is 4.72 Å². The molecule has 110 valence electrons. The minimum Gasteiger partial charge on any atom is -0.478 e. The molecule has 2 N–H and O–H groups in total. The molecule has 0 fully saturated rings. The van der Waals surface area contributed by atoms with Gasteiger partial charge in [-0.15, -0.1) is 11.3 Å². The molecule has 0 unspecified atom stereocenters. The van der Waals surface area contributed by atoms with E-state index in [0.29, 0.717) is 0 Å². The molecule has 0 amide bonds. The van der Waals surface area contributed by atoms with Crippen LogP contribution < -0.4 is 4.72 Å². The van der Waals surface area contributed by atoms with Gasteiger partial charge in [-0.25, -0.2) is 17.6 Å². The Hall–Kier alpha value is -2.19. The number of hydrogen-bond donors (Lipinski definition) is 2. The van der Waals surface area contributed by atoms with Gasteiger partial charge >= 0.3 is 5.97 Å². The van der Waals surface area contributed by atoms with Crippen LogP contribution in [0.5, 0.6) is 0 Å². The number of carboxylic acid groups (broad SMARTS) is 1. The molecule has 8 heteroatoms. The fourth-order valence-corrected chi connectivity index (χ4v) is 3.55. The summed E-state index contributed by atoms with van der Waals surface area (Å²) in [6.45, 7) is 0. The van der Waals surface area contributed by atoms with E-state index in [1.807, 2.05) is 0 Å². The van der Waals surface area contributed by atoms with Crippen molar-refractivity contribution in [3.05, 3.63) is 53.2 Å². The van der Waals surface area contributed by atoms with E-state index in [2.05, 4.69) is 4.72 Å². The topological polar surface area (TPSA) is 83.5 Å². The van der Waals surface area contributed by atoms with Crippen molar-refractivity contribution in [1.29, 1.82) is 0 Å². The van der Waals surface area contributed by atoms with Crippen LogP contribution in [0.25, 0.3) is 6.08 Å². The molecule has 0 bridgehead atoms. The molecule has 1 aromatic heterocycles. The maximum atomic E-state index is 13.7. The molecule has 0 radical (unpaired) electrons. The van der Waals surface area contributed by atoms with E-state index in [-0.39, 0.29) is 15.5 Å². The van der Waals surface area contributed by atoms with Crippen LogP contribution in [0, 0.1) is 5.82 Å². The third-order valence-electron chi connectivity index (χ3n) is 2.42. The van der Waals surface area contributed by atoms with Crippen LogP contribution in [0.15, 0.2) is 46.0 Å². The lowest BCUT2D eigenvalue weighted by Gasteiger charge is -2.07. The monoisotopic (exact) mass is 327 g/mol. The van der Waals surface area contributed by atoms with Crippen LogP contribution in [0.3, 0.4) is 0 Å². The molecule has 0 aliphatic rings. The first-order chi connectivity index (χ1) is 9.88. The Morgan fingerprint density at radius 1 is 1.33 bits per heavy atom. The average Bonchev–Trinajstić information content (AvgIpc) is 2.91. The number of hydrogen-bond acceptors (Lipinski definition) is 4. The molecule has 1 aromatic carbocycles. The predicted molar refractivity (Wildman–Crippen MR) is 78.2 cm³/mol. The summed E-state index contributed by atoms with van der Waals surface area (Å²) in [5, 5.41) is 10.1. The molecular weight excluding hydrogens is 317 g/mol. The molecule has 0 saturated heterocycles. The number of anilines is 1. The summed E-state index contributed by atoms with van der Waals surface area (Å²) in [4.78, 5) is 10.4. The smallest absolute Gasteiger partial charge is 0.328 e. The lowest BCUT2D eigenvalue weighted by molar-refractivity contribution is -0.131. The number of sulfonamides is 1. The van der Waals surface area contributed by atoms with Gasteiger partial charge in [0.2, 0.25) is 0 Å². The number of rotatable bonds is 5. The van der Waals surface area contributed by atoms with Crippen LogP contribution in [-0.2, 0) is 14.8 Å². The van der Waals surface area contributed by atoms with Crippen molar-refractivity contribution < 1.29 is 22.7 Å². The first-order valence-electron chi connectivity index (χ1n) is 5.65. The highest BCUT2D eigenvalue weighted by atomic mass is 32.2. The van der Waals surface area contributed by atoms with Gasteiger partial charge in [-0.1, -0.05) is 6.07 Å². The lowest BCUT2D eigenvalue weighted by atomic mass is 10.2. The Morgan fingerprint density at radius 2 is 2.10 bits per heavy atom. The maximum absolute atomic E-state index is 13.7. The third kappa shape index (κ3) is 3.89. The highest BCUT2D eigenvalue weighted by Crippen LogP contribution is 2.22. The van der Waals surface area contributed by atoms with Crippen molar-refractivity contribution in [3.8, 4) is 0 Å². The van der Waals surface area contributed by atoms with Gasteiger partial charge in [0.1, 0.15) is 10.0 Å². The molecule has 5 nitrogen and oxygen atoms in total. The number of carboxylic acids is 1. The van der Waals surface area contributed by atoms with Crippen molar-refractivity contribution in [1.82, 2.24) is 0 Å². The quantitative estimate of drug-likeness (QED) is 0.827. The average molecular weight is 327 g/mol. The molecule has 0 saturated carbocycles. The number of aliphatic carboxylic acids is 1. The van der Waals surface area contributed by atoms with Gasteiger partial charge in [0.05, 0.1) is 5.69 Å². The summed E-state index contributed by atoms with van der Waals surface area (Å²) in [6, 6.07) is 6.68. The summed E-state index contributed by atoms with van der Waals surface area (Å²) in [5.41, 5.74) is 0.116. The molecule has 2 aromatic rings. The predicted octanol–water partition coefficient (Wildman–Crippen LogP) is 2.79.